The fraction of sp³-hybridized carbons (Fsp3) is 0.100. The topological polar surface area (TPSA) is 80.6 Å². The van der Waals surface area contributed by atoms with Gasteiger partial charge in [-0.2, -0.15) is 0 Å². The summed E-state index contributed by atoms with van der Waals surface area (Å²) in [7, 11) is 1.61. The average molecular weight is 350 g/mol. The minimum Gasteiger partial charge on any atom is -0.497 e. The highest BCUT2D eigenvalue weighted by molar-refractivity contribution is 6.02. The lowest BCUT2D eigenvalue weighted by Gasteiger charge is -2.04. The minimum absolute atomic E-state index is 0.145. The van der Waals surface area contributed by atoms with E-state index in [0.29, 0.717) is 17.1 Å². The van der Waals surface area contributed by atoms with Crippen molar-refractivity contribution in [3.8, 4) is 5.75 Å². The molecule has 0 atom stereocenters. The second-order valence-corrected chi connectivity index (χ2v) is 5.63. The Morgan fingerprint density at radius 2 is 1.69 bits per heavy atom. The number of carbonyl (C=O) groups is 2. The first kappa shape index (κ1) is 17.3. The minimum atomic E-state index is -0.282. The summed E-state index contributed by atoms with van der Waals surface area (Å²) in [4.78, 5) is 23.0. The molecule has 2 amide bonds. The maximum atomic E-state index is 12.0. The molecule has 0 spiro atoms. The smallest absolute Gasteiger partial charge is 0.248 e. The zero-order valence-corrected chi connectivity index (χ0v) is 14.4. The number of hydrogen-bond donors (Lipinski definition) is 2. The summed E-state index contributed by atoms with van der Waals surface area (Å²) in [5.41, 5.74) is 2.02. The largest absolute Gasteiger partial charge is 0.497 e. The van der Waals surface area contributed by atoms with E-state index in [1.54, 1.807) is 37.5 Å². The van der Waals surface area contributed by atoms with Crippen LogP contribution in [0, 0.1) is 0 Å². The van der Waals surface area contributed by atoms with Crippen LogP contribution in [-0.4, -0.2) is 18.9 Å². The quantitative estimate of drug-likeness (QED) is 0.680. The molecular formula is C20H18N2O4. The van der Waals surface area contributed by atoms with Crippen LogP contribution >= 0.6 is 0 Å². The van der Waals surface area contributed by atoms with Crippen molar-refractivity contribution in [1.82, 2.24) is 0 Å². The maximum absolute atomic E-state index is 12.0. The molecule has 0 radical (unpaired) electrons. The van der Waals surface area contributed by atoms with E-state index < -0.39 is 0 Å². The molecule has 132 valence electrons. The summed E-state index contributed by atoms with van der Waals surface area (Å²) in [5.74, 6) is 0.891. The summed E-state index contributed by atoms with van der Waals surface area (Å²) in [5, 5.41) is 6.31. The summed E-state index contributed by atoms with van der Waals surface area (Å²) in [6.45, 7) is 1.44. The van der Waals surface area contributed by atoms with Gasteiger partial charge in [0.25, 0.3) is 0 Å². The Kier molecular flexibility index (Phi) is 5.03. The highest BCUT2D eigenvalue weighted by Gasteiger charge is 2.04. The first-order valence-corrected chi connectivity index (χ1v) is 7.98. The third-order valence-electron chi connectivity index (χ3n) is 3.61. The molecule has 0 saturated carbocycles. The van der Waals surface area contributed by atoms with Gasteiger partial charge in [-0.3, -0.25) is 9.59 Å². The van der Waals surface area contributed by atoms with Crippen LogP contribution in [-0.2, 0) is 9.59 Å². The van der Waals surface area contributed by atoms with Crippen LogP contribution in [0.1, 0.15) is 12.7 Å². The number of ether oxygens (including phenoxy) is 1. The van der Waals surface area contributed by atoms with E-state index in [4.69, 9.17) is 9.15 Å². The number of fused-ring (bicyclic) bond motifs is 1. The summed E-state index contributed by atoms with van der Waals surface area (Å²) in [6, 6.07) is 14.2. The zero-order valence-electron chi connectivity index (χ0n) is 14.4. The van der Waals surface area contributed by atoms with E-state index in [2.05, 4.69) is 10.6 Å². The molecule has 1 aromatic heterocycles. The second-order valence-electron chi connectivity index (χ2n) is 5.63. The molecule has 1 heterocycles. The Balaban J connectivity index is 1.64. The number of rotatable bonds is 5. The van der Waals surface area contributed by atoms with Crippen molar-refractivity contribution in [3.63, 3.8) is 0 Å². The average Bonchev–Trinajstić information content (AvgIpc) is 3.03. The Labute approximate surface area is 150 Å². The third kappa shape index (κ3) is 4.30. The van der Waals surface area contributed by atoms with Crippen molar-refractivity contribution in [3.05, 3.63) is 60.4 Å². The van der Waals surface area contributed by atoms with Crippen LogP contribution < -0.4 is 15.4 Å². The van der Waals surface area contributed by atoms with Gasteiger partial charge in [-0.1, -0.05) is 0 Å². The van der Waals surface area contributed by atoms with Crippen molar-refractivity contribution < 1.29 is 18.7 Å². The monoisotopic (exact) mass is 350 g/mol. The lowest BCUT2D eigenvalue weighted by Crippen LogP contribution is -2.08. The number of carbonyl (C=O) groups excluding carboxylic acids is 2. The molecule has 0 aliphatic rings. The molecule has 6 nitrogen and oxygen atoms in total. The van der Waals surface area contributed by atoms with Crippen LogP contribution in [0.5, 0.6) is 5.75 Å². The van der Waals surface area contributed by atoms with Crippen molar-refractivity contribution in [2.45, 2.75) is 6.92 Å². The van der Waals surface area contributed by atoms with Crippen LogP contribution in [0.15, 0.2) is 59.0 Å². The number of nitrogens with one attached hydrogen (secondary N) is 2. The lowest BCUT2D eigenvalue weighted by molar-refractivity contribution is -0.114. The Morgan fingerprint density at radius 1 is 1.00 bits per heavy atom. The van der Waals surface area contributed by atoms with E-state index in [1.165, 1.54) is 13.0 Å². The number of amides is 2. The Morgan fingerprint density at radius 3 is 2.35 bits per heavy atom. The molecule has 0 bridgehead atoms. The van der Waals surface area contributed by atoms with Crippen LogP contribution in [0.3, 0.4) is 0 Å². The molecule has 0 unspecified atom stereocenters. The molecule has 0 saturated heterocycles. The van der Waals surface area contributed by atoms with Gasteiger partial charge in [0.1, 0.15) is 17.1 Å². The van der Waals surface area contributed by atoms with E-state index in [0.717, 1.165) is 16.7 Å². The van der Waals surface area contributed by atoms with Gasteiger partial charge in [0.2, 0.25) is 11.8 Å². The summed E-state index contributed by atoms with van der Waals surface area (Å²) < 4.78 is 10.8. The molecule has 6 heteroatoms. The number of methoxy groups -OCH3 is 1. The molecule has 3 aromatic rings. The van der Waals surface area contributed by atoms with Crippen molar-refractivity contribution >= 4 is 40.2 Å². The van der Waals surface area contributed by atoms with Crippen LogP contribution in [0.25, 0.3) is 17.0 Å². The van der Waals surface area contributed by atoms with Crippen molar-refractivity contribution in [1.29, 1.82) is 0 Å². The van der Waals surface area contributed by atoms with E-state index >= 15 is 0 Å². The van der Waals surface area contributed by atoms with E-state index in [-0.39, 0.29) is 11.8 Å². The van der Waals surface area contributed by atoms with Crippen molar-refractivity contribution in [2.24, 2.45) is 0 Å². The van der Waals surface area contributed by atoms with Gasteiger partial charge in [-0.25, -0.2) is 0 Å². The van der Waals surface area contributed by atoms with Gasteiger partial charge < -0.3 is 19.8 Å². The van der Waals surface area contributed by atoms with Gasteiger partial charge in [0.05, 0.1) is 7.11 Å². The summed E-state index contributed by atoms with van der Waals surface area (Å²) >= 11 is 0. The normalized spacial score (nSPS) is 10.8. The highest BCUT2D eigenvalue weighted by atomic mass is 16.5. The van der Waals surface area contributed by atoms with Gasteiger partial charge in [0.15, 0.2) is 0 Å². The molecule has 3 rings (SSSR count). The highest BCUT2D eigenvalue weighted by Crippen LogP contribution is 2.24. The molecule has 0 aliphatic carbocycles. The molecule has 2 N–H and O–H groups in total. The first-order chi connectivity index (χ1) is 12.5. The predicted octanol–water partition coefficient (Wildman–Crippen LogP) is 4.05. The zero-order chi connectivity index (χ0) is 18.5. The van der Waals surface area contributed by atoms with Gasteiger partial charge >= 0.3 is 0 Å². The molecule has 0 aliphatic heterocycles. The van der Waals surface area contributed by atoms with Crippen molar-refractivity contribution in [2.75, 3.05) is 17.7 Å². The second kappa shape index (κ2) is 7.57. The SMILES string of the molecule is COc1ccc2oc(C=CC(=O)Nc3ccc(NC(C)=O)cc3)cc2c1. The standard InChI is InChI=1S/C20H18N2O4/c1-13(23)21-15-3-5-16(6-4-15)22-20(24)10-8-18-12-14-11-17(25-2)7-9-19(14)26-18/h3-12H,1-2H3,(H,21,23)(H,22,24). The predicted molar refractivity (Wildman–Crippen MR) is 101 cm³/mol. The fourth-order valence-corrected chi connectivity index (χ4v) is 2.43. The molecular weight excluding hydrogens is 332 g/mol. The molecule has 26 heavy (non-hydrogen) atoms. The van der Waals surface area contributed by atoms with Crippen LogP contribution in [0.2, 0.25) is 0 Å². The van der Waals surface area contributed by atoms with E-state index in [9.17, 15) is 9.59 Å². The Bertz CT molecular complexity index is 971. The number of benzene rings is 2. The van der Waals surface area contributed by atoms with Gasteiger partial charge in [-0.15, -0.1) is 0 Å². The maximum Gasteiger partial charge on any atom is 0.248 e. The van der Waals surface area contributed by atoms with Gasteiger partial charge in [-0.05, 0) is 54.6 Å². The molecule has 2 aromatic carbocycles. The summed E-state index contributed by atoms with van der Waals surface area (Å²) in [6.07, 6.45) is 3.00. The number of hydrogen-bond acceptors (Lipinski definition) is 4. The number of furan rings is 1. The van der Waals surface area contributed by atoms with Crippen LogP contribution in [0.4, 0.5) is 11.4 Å². The lowest BCUT2D eigenvalue weighted by atomic mass is 10.2. The number of anilines is 2. The fourth-order valence-electron chi connectivity index (χ4n) is 2.43. The van der Waals surface area contributed by atoms with Gasteiger partial charge in [0, 0.05) is 29.8 Å². The molecule has 0 fully saturated rings. The first-order valence-electron chi connectivity index (χ1n) is 7.98. The Hall–Kier alpha value is -3.54. The van der Waals surface area contributed by atoms with E-state index in [1.807, 2.05) is 24.3 Å². The third-order valence-corrected chi connectivity index (χ3v) is 3.61.